The first-order valence-corrected chi connectivity index (χ1v) is 11.5. The van der Waals surface area contributed by atoms with E-state index in [1.54, 1.807) is 37.3 Å². The van der Waals surface area contributed by atoms with Crippen LogP contribution in [0.25, 0.3) is 10.9 Å². The number of anilines is 1. The highest BCUT2D eigenvalue weighted by Gasteiger charge is 2.25. The number of fused-ring (bicyclic) bond motifs is 1. The van der Waals surface area contributed by atoms with Gasteiger partial charge in [0, 0.05) is 17.3 Å². The SMILES string of the molecule is CCOC(=O)C(Cc1ccccc1C)NC(=O)c1ccccc1NC(=O)c1cc2ccccc2[nH]1. The van der Waals surface area contributed by atoms with E-state index < -0.39 is 17.9 Å². The number of rotatable bonds is 8. The zero-order chi connectivity index (χ0) is 24.8. The van der Waals surface area contributed by atoms with Gasteiger partial charge in [0.15, 0.2) is 0 Å². The molecule has 2 amide bonds. The van der Waals surface area contributed by atoms with Crippen LogP contribution in [-0.2, 0) is 16.0 Å². The van der Waals surface area contributed by atoms with Gasteiger partial charge in [-0.1, -0.05) is 54.6 Å². The number of hydrogen-bond acceptors (Lipinski definition) is 4. The molecular weight excluding hydrogens is 442 g/mol. The summed E-state index contributed by atoms with van der Waals surface area (Å²) in [6, 6.07) is 22.8. The van der Waals surface area contributed by atoms with Crippen molar-refractivity contribution in [3.05, 3.63) is 101 Å². The van der Waals surface area contributed by atoms with Crippen molar-refractivity contribution in [2.24, 2.45) is 0 Å². The Morgan fingerprint density at radius 2 is 1.63 bits per heavy atom. The van der Waals surface area contributed by atoms with Gasteiger partial charge in [-0.15, -0.1) is 0 Å². The Labute approximate surface area is 203 Å². The average Bonchev–Trinajstić information content (AvgIpc) is 3.30. The summed E-state index contributed by atoms with van der Waals surface area (Å²) in [5.74, 6) is -1.36. The summed E-state index contributed by atoms with van der Waals surface area (Å²) in [6.07, 6.45) is 0.292. The molecule has 0 bridgehead atoms. The van der Waals surface area contributed by atoms with Gasteiger partial charge >= 0.3 is 5.97 Å². The molecule has 1 unspecified atom stereocenters. The zero-order valence-corrected chi connectivity index (χ0v) is 19.6. The third-order valence-corrected chi connectivity index (χ3v) is 5.76. The molecule has 0 spiro atoms. The predicted molar refractivity (Wildman–Crippen MR) is 135 cm³/mol. The summed E-state index contributed by atoms with van der Waals surface area (Å²) >= 11 is 0. The van der Waals surface area contributed by atoms with E-state index in [0.29, 0.717) is 17.8 Å². The standard InChI is InChI=1S/C28H27N3O4/c1-3-35-28(34)25(16-19-11-5-4-10-18(19)2)31-26(32)21-13-7-9-15-23(21)30-27(33)24-17-20-12-6-8-14-22(20)29-24/h4-15,17,25,29H,3,16H2,1-2H3,(H,30,33)(H,31,32). The molecule has 7 nitrogen and oxygen atoms in total. The van der Waals surface area contributed by atoms with Crippen molar-refractivity contribution in [1.29, 1.82) is 0 Å². The fourth-order valence-electron chi connectivity index (χ4n) is 3.91. The number of aromatic nitrogens is 1. The number of aromatic amines is 1. The summed E-state index contributed by atoms with van der Waals surface area (Å²) in [5.41, 5.74) is 3.76. The first-order chi connectivity index (χ1) is 17.0. The molecule has 4 rings (SSSR count). The van der Waals surface area contributed by atoms with E-state index in [9.17, 15) is 14.4 Å². The normalized spacial score (nSPS) is 11.6. The maximum atomic E-state index is 13.2. The molecule has 0 aliphatic carbocycles. The van der Waals surface area contributed by atoms with E-state index in [1.807, 2.05) is 55.5 Å². The zero-order valence-electron chi connectivity index (χ0n) is 19.6. The van der Waals surface area contributed by atoms with Gasteiger partial charge in [0.2, 0.25) is 0 Å². The largest absolute Gasteiger partial charge is 0.464 e. The monoisotopic (exact) mass is 469 g/mol. The van der Waals surface area contributed by atoms with Crippen molar-refractivity contribution < 1.29 is 19.1 Å². The molecule has 0 aliphatic heterocycles. The van der Waals surface area contributed by atoms with Crippen LogP contribution in [0, 0.1) is 6.92 Å². The number of esters is 1. The summed E-state index contributed by atoms with van der Waals surface area (Å²) in [5, 5.41) is 6.52. The molecule has 7 heteroatoms. The van der Waals surface area contributed by atoms with E-state index in [-0.39, 0.29) is 18.1 Å². The summed E-state index contributed by atoms with van der Waals surface area (Å²) < 4.78 is 5.21. The van der Waals surface area contributed by atoms with Crippen LogP contribution in [0.4, 0.5) is 5.69 Å². The third-order valence-electron chi connectivity index (χ3n) is 5.76. The average molecular weight is 470 g/mol. The van der Waals surface area contributed by atoms with Gasteiger partial charge in [-0.3, -0.25) is 9.59 Å². The Hall–Kier alpha value is -4.39. The molecule has 1 heterocycles. The molecule has 0 aliphatic rings. The van der Waals surface area contributed by atoms with Crippen molar-refractivity contribution in [2.45, 2.75) is 26.3 Å². The van der Waals surface area contributed by atoms with Gasteiger partial charge in [-0.2, -0.15) is 0 Å². The molecule has 3 aromatic carbocycles. The van der Waals surface area contributed by atoms with Gasteiger partial charge in [0.1, 0.15) is 11.7 Å². The quantitative estimate of drug-likeness (QED) is 0.328. The molecule has 178 valence electrons. The van der Waals surface area contributed by atoms with Crippen molar-refractivity contribution in [2.75, 3.05) is 11.9 Å². The number of carbonyl (C=O) groups excluding carboxylic acids is 3. The molecule has 35 heavy (non-hydrogen) atoms. The molecule has 1 aromatic heterocycles. The second-order valence-corrected chi connectivity index (χ2v) is 8.18. The van der Waals surface area contributed by atoms with E-state index in [1.165, 1.54) is 0 Å². The fraction of sp³-hybridized carbons (Fsp3) is 0.179. The van der Waals surface area contributed by atoms with E-state index in [4.69, 9.17) is 4.74 Å². The van der Waals surface area contributed by atoms with Crippen molar-refractivity contribution in [3.8, 4) is 0 Å². The number of amides is 2. The number of aryl methyl sites for hydroxylation is 1. The summed E-state index contributed by atoms with van der Waals surface area (Å²) in [6.45, 7) is 3.88. The molecular formula is C28H27N3O4. The minimum atomic E-state index is -0.874. The molecule has 0 radical (unpaired) electrons. The van der Waals surface area contributed by atoms with Crippen molar-refractivity contribution in [3.63, 3.8) is 0 Å². The Kier molecular flexibility index (Phi) is 7.26. The Bertz CT molecular complexity index is 1340. The van der Waals surface area contributed by atoms with Crippen LogP contribution in [0.5, 0.6) is 0 Å². The van der Waals surface area contributed by atoms with E-state index in [2.05, 4.69) is 15.6 Å². The van der Waals surface area contributed by atoms with Gasteiger partial charge in [0.25, 0.3) is 11.8 Å². The fourth-order valence-corrected chi connectivity index (χ4v) is 3.91. The molecule has 1 atom stereocenters. The maximum Gasteiger partial charge on any atom is 0.328 e. The molecule has 0 saturated carbocycles. The molecule has 4 aromatic rings. The van der Waals surface area contributed by atoms with E-state index in [0.717, 1.165) is 22.0 Å². The summed E-state index contributed by atoms with van der Waals surface area (Å²) in [4.78, 5) is 41.9. The van der Waals surface area contributed by atoms with Crippen LogP contribution < -0.4 is 10.6 Å². The highest BCUT2D eigenvalue weighted by Crippen LogP contribution is 2.20. The predicted octanol–water partition coefficient (Wildman–Crippen LogP) is 4.63. The smallest absolute Gasteiger partial charge is 0.328 e. The van der Waals surface area contributed by atoms with E-state index >= 15 is 0 Å². The highest BCUT2D eigenvalue weighted by molar-refractivity contribution is 6.10. The van der Waals surface area contributed by atoms with Crippen molar-refractivity contribution in [1.82, 2.24) is 10.3 Å². The topological polar surface area (TPSA) is 100 Å². The lowest BCUT2D eigenvalue weighted by Crippen LogP contribution is -2.43. The van der Waals surface area contributed by atoms with Crippen LogP contribution in [0.2, 0.25) is 0 Å². The Morgan fingerprint density at radius 1 is 0.914 bits per heavy atom. The lowest BCUT2D eigenvalue weighted by molar-refractivity contribution is -0.145. The van der Waals surface area contributed by atoms with Crippen molar-refractivity contribution >= 4 is 34.4 Å². The Morgan fingerprint density at radius 3 is 2.40 bits per heavy atom. The maximum absolute atomic E-state index is 13.2. The summed E-state index contributed by atoms with van der Waals surface area (Å²) in [7, 11) is 0. The first kappa shape index (κ1) is 23.8. The number of carbonyl (C=O) groups is 3. The number of H-pyrrole nitrogens is 1. The number of hydrogen-bond donors (Lipinski definition) is 3. The lowest BCUT2D eigenvalue weighted by Gasteiger charge is -2.19. The Balaban J connectivity index is 1.54. The van der Waals surface area contributed by atoms with Crippen LogP contribution >= 0.6 is 0 Å². The van der Waals surface area contributed by atoms with Gasteiger partial charge < -0.3 is 20.4 Å². The minimum Gasteiger partial charge on any atom is -0.464 e. The number of ether oxygens (including phenoxy) is 1. The lowest BCUT2D eigenvalue weighted by atomic mass is 10.0. The van der Waals surface area contributed by atoms with Crippen LogP contribution in [0.1, 0.15) is 38.9 Å². The van der Waals surface area contributed by atoms with Gasteiger partial charge in [-0.25, -0.2) is 4.79 Å². The minimum absolute atomic E-state index is 0.204. The first-order valence-electron chi connectivity index (χ1n) is 11.5. The number of benzene rings is 3. The second kappa shape index (κ2) is 10.7. The number of nitrogens with one attached hydrogen (secondary N) is 3. The highest BCUT2D eigenvalue weighted by atomic mass is 16.5. The molecule has 0 fully saturated rings. The van der Waals surface area contributed by atoms with Crippen LogP contribution in [-0.4, -0.2) is 35.4 Å². The molecule has 3 N–H and O–H groups in total. The second-order valence-electron chi connectivity index (χ2n) is 8.18. The van der Waals surface area contributed by atoms with Gasteiger partial charge in [0.05, 0.1) is 17.9 Å². The number of para-hydroxylation sites is 2. The van der Waals surface area contributed by atoms with Gasteiger partial charge in [-0.05, 0) is 49.2 Å². The van der Waals surface area contributed by atoms with Crippen LogP contribution in [0.3, 0.4) is 0 Å². The third kappa shape index (κ3) is 5.58. The molecule has 0 saturated heterocycles. The van der Waals surface area contributed by atoms with Crippen LogP contribution in [0.15, 0.2) is 78.9 Å².